The highest BCUT2D eigenvalue weighted by Gasteiger charge is 1.99. The van der Waals surface area contributed by atoms with Crippen molar-refractivity contribution in [1.82, 2.24) is 15.5 Å². The van der Waals surface area contributed by atoms with Crippen LogP contribution < -0.4 is 15.4 Å². The van der Waals surface area contributed by atoms with E-state index in [-0.39, 0.29) is 12.8 Å². The summed E-state index contributed by atoms with van der Waals surface area (Å²) in [6.45, 7) is 1.72. The largest absolute Gasteiger partial charge is 0.473 e. The zero-order chi connectivity index (χ0) is 14.1. The van der Waals surface area contributed by atoms with E-state index in [1.54, 1.807) is 24.3 Å². The molecule has 0 aromatic heterocycles. The van der Waals surface area contributed by atoms with Crippen LogP contribution in [0.25, 0.3) is 0 Å². The van der Waals surface area contributed by atoms with Crippen molar-refractivity contribution in [3.63, 3.8) is 0 Å². The Bertz CT molecular complexity index is 382. The summed E-state index contributed by atoms with van der Waals surface area (Å²) in [5, 5.41) is 6.02. The molecule has 19 heavy (non-hydrogen) atoms. The summed E-state index contributed by atoms with van der Waals surface area (Å²) in [7, 11) is 4.00. The van der Waals surface area contributed by atoms with Gasteiger partial charge in [-0.3, -0.25) is 0 Å². The number of ether oxygens (including phenoxy) is 1. The Morgan fingerprint density at radius 2 is 1.95 bits per heavy atom. The monoisotopic (exact) mass is 285 g/mol. The van der Waals surface area contributed by atoms with Crippen molar-refractivity contribution in [3.05, 3.63) is 29.3 Å². The molecule has 5 nitrogen and oxygen atoms in total. The maximum atomic E-state index is 11.4. The molecule has 0 aliphatic heterocycles. The fourth-order valence-corrected chi connectivity index (χ4v) is 1.50. The van der Waals surface area contributed by atoms with Gasteiger partial charge in [-0.05, 0) is 51.3 Å². The molecule has 0 fully saturated rings. The van der Waals surface area contributed by atoms with Gasteiger partial charge in [-0.2, -0.15) is 0 Å². The topological polar surface area (TPSA) is 53.6 Å². The molecule has 2 amide bonds. The number of hydrogen-bond donors (Lipinski definition) is 2. The minimum atomic E-state index is -0.229. The predicted octanol–water partition coefficient (Wildman–Crippen LogP) is 1.93. The zero-order valence-corrected chi connectivity index (χ0v) is 12.0. The van der Waals surface area contributed by atoms with E-state index in [4.69, 9.17) is 16.3 Å². The van der Waals surface area contributed by atoms with Crippen molar-refractivity contribution in [1.29, 1.82) is 0 Å². The Morgan fingerprint density at radius 3 is 2.58 bits per heavy atom. The van der Waals surface area contributed by atoms with Gasteiger partial charge in [-0.1, -0.05) is 11.6 Å². The average molecular weight is 286 g/mol. The third kappa shape index (κ3) is 7.54. The van der Waals surface area contributed by atoms with Crippen molar-refractivity contribution in [2.75, 3.05) is 33.9 Å². The normalized spacial score (nSPS) is 10.3. The number of rotatable bonds is 7. The second-order valence-corrected chi connectivity index (χ2v) is 4.77. The SMILES string of the molecule is CN(C)CCCNC(=O)NCOc1ccc(Cl)cc1. The van der Waals surface area contributed by atoms with E-state index in [1.807, 2.05) is 14.1 Å². The second-order valence-electron chi connectivity index (χ2n) is 4.33. The summed E-state index contributed by atoms with van der Waals surface area (Å²) in [4.78, 5) is 13.5. The van der Waals surface area contributed by atoms with Crippen LogP contribution in [0.4, 0.5) is 4.79 Å². The first-order valence-corrected chi connectivity index (χ1v) is 6.50. The lowest BCUT2D eigenvalue weighted by Gasteiger charge is -2.11. The number of urea groups is 1. The number of amides is 2. The van der Waals surface area contributed by atoms with Gasteiger partial charge < -0.3 is 20.3 Å². The van der Waals surface area contributed by atoms with Gasteiger partial charge in [0.15, 0.2) is 6.73 Å². The highest BCUT2D eigenvalue weighted by molar-refractivity contribution is 6.30. The second kappa shape index (κ2) is 8.61. The van der Waals surface area contributed by atoms with Crippen LogP contribution >= 0.6 is 11.6 Å². The van der Waals surface area contributed by atoms with E-state index in [1.165, 1.54) is 0 Å². The Labute approximate surface area is 118 Å². The van der Waals surface area contributed by atoms with E-state index in [0.717, 1.165) is 13.0 Å². The first-order chi connectivity index (χ1) is 9.08. The van der Waals surface area contributed by atoms with Crippen LogP contribution in [-0.4, -0.2) is 44.8 Å². The first kappa shape index (κ1) is 15.6. The molecule has 2 N–H and O–H groups in total. The molecular formula is C13H20ClN3O2. The van der Waals surface area contributed by atoms with Crippen LogP contribution in [-0.2, 0) is 0 Å². The lowest BCUT2D eigenvalue weighted by Crippen LogP contribution is -2.38. The molecule has 1 aromatic rings. The standard InChI is InChI=1S/C13H20ClN3O2/c1-17(2)9-3-8-15-13(18)16-10-19-12-6-4-11(14)5-7-12/h4-7H,3,8-10H2,1-2H3,(H2,15,16,18). The molecule has 1 rings (SSSR count). The van der Waals surface area contributed by atoms with Gasteiger partial charge >= 0.3 is 6.03 Å². The van der Waals surface area contributed by atoms with Gasteiger partial charge in [0.25, 0.3) is 0 Å². The fourth-order valence-electron chi connectivity index (χ4n) is 1.38. The molecule has 0 atom stereocenters. The minimum absolute atomic E-state index is 0.126. The van der Waals surface area contributed by atoms with Crippen LogP contribution in [0.5, 0.6) is 5.75 Å². The number of benzene rings is 1. The zero-order valence-electron chi connectivity index (χ0n) is 11.3. The molecular weight excluding hydrogens is 266 g/mol. The summed E-state index contributed by atoms with van der Waals surface area (Å²) in [6.07, 6.45) is 0.915. The third-order valence-electron chi connectivity index (χ3n) is 2.35. The molecule has 0 bridgehead atoms. The third-order valence-corrected chi connectivity index (χ3v) is 2.60. The van der Waals surface area contributed by atoms with Gasteiger partial charge in [0.1, 0.15) is 5.75 Å². The molecule has 0 aliphatic rings. The van der Waals surface area contributed by atoms with Crippen molar-refractivity contribution in [2.45, 2.75) is 6.42 Å². The minimum Gasteiger partial charge on any atom is -0.473 e. The molecule has 0 saturated carbocycles. The quantitative estimate of drug-likeness (QED) is 0.594. The van der Waals surface area contributed by atoms with Gasteiger partial charge in [-0.25, -0.2) is 4.79 Å². The molecule has 0 unspecified atom stereocenters. The van der Waals surface area contributed by atoms with E-state index in [0.29, 0.717) is 17.3 Å². The van der Waals surface area contributed by atoms with Crippen molar-refractivity contribution in [2.24, 2.45) is 0 Å². The summed E-state index contributed by atoms with van der Waals surface area (Å²) in [5.41, 5.74) is 0. The van der Waals surface area contributed by atoms with E-state index < -0.39 is 0 Å². The van der Waals surface area contributed by atoms with Crippen LogP contribution in [0, 0.1) is 0 Å². The number of carbonyl (C=O) groups is 1. The van der Waals surface area contributed by atoms with Crippen molar-refractivity contribution < 1.29 is 9.53 Å². The lowest BCUT2D eigenvalue weighted by molar-refractivity contribution is 0.223. The number of hydrogen-bond acceptors (Lipinski definition) is 3. The van der Waals surface area contributed by atoms with Crippen molar-refractivity contribution >= 4 is 17.6 Å². The van der Waals surface area contributed by atoms with Crippen LogP contribution in [0.2, 0.25) is 5.02 Å². The smallest absolute Gasteiger partial charge is 0.317 e. The van der Waals surface area contributed by atoms with Gasteiger partial charge in [-0.15, -0.1) is 0 Å². The maximum absolute atomic E-state index is 11.4. The van der Waals surface area contributed by atoms with Crippen LogP contribution in [0.15, 0.2) is 24.3 Å². The molecule has 106 valence electrons. The van der Waals surface area contributed by atoms with E-state index in [2.05, 4.69) is 15.5 Å². The molecule has 0 radical (unpaired) electrons. The fraction of sp³-hybridized carbons (Fsp3) is 0.462. The van der Waals surface area contributed by atoms with Crippen molar-refractivity contribution in [3.8, 4) is 5.75 Å². The van der Waals surface area contributed by atoms with E-state index >= 15 is 0 Å². The van der Waals surface area contributed by atoms with E-state index in [9.17, 15) is 4.79 Å². The Balaban J connectivity index is 2.08. The number of carbonyl (C=O) groups excluding carboxylic acids is 1. The molecule has 0 heterocycles. The number of nitrogens with one attached hydrogen (secondary N) is 2. The molecule has 6 heteroatoms. The Morgan fingerprint density at radius 1 is 1.26 bits per heavy atom. The molecule has 0 saturated heterocycles. The molecule has 0 spiro atoms. The number of halogens is 1. The Kier molecular flexibility index (Phi) is 7.07. The average Bonchev–Trinajstić information content (AvgIpc) is 2.37. The Hall–Kier alpha value is -1.46. The number of nitrogens with zero attached hydrogens (tertiary/aromatic N) is 1. The maximum Gasteiger partial charge on any atom is 0.317 e. The first-order valence-electron chi connectivity index (χ1n) is 6.13. The van der Waals surface area contributed by atoms with Crippen LogP contribution in [0.1, 0.15) is 6.42 Å². The van der Waals surface area contributed by atoms with Crippen LogP contribution in [0.3, 0.4) is 0 Å². The van der Waals surface area contributed by atoms with Gasteiger partial charge in [0.05, 0.1) is 0 Å². The summed E-state index contributed by atoms with van der Waals surface area (Å²) in [5.74, 6) is 0.664. The highest BCUT2D eigenvalue weighted by Crippen LogP contribution is 2.14. The predicted molar refractivity (Wildman–Crippen MR) is 76.7 cm³/mol. The van der Waals surface area contributed by atoms with Gasteiger partial charge in [0.2, 0.25) is 0 Å². The van der Waals surface area contributed by atoms with Gasteiger partial charge in [0, 0.05) is 11.6 Å². The lowest BCUT2D eigenvalue weighted by atomic mass is 10.3. The highest BCUT2D eigenvalue weighted by atomic mass is 35.5. The summed E-state index contributed by atoms with van der Waals surface area (Å²) < 4.78 is 5.34. The summed E-state index contributed by atoms with van der Waals surface area (Å²) in [6, 6.07) is 6.74. The molecule has 1 aromatic carbocycles. The molecule has 0 aliphatic carbocycles. The summed E-state index contributed by atoms with van der Waals surface area (Å²) >= 11 is 5.75.